The van der Waals surface area contributed by atoms with E-state index in [1.165, 1.54) is 5.56 Å². The van der Waals surface area contributed by atoms with Crippen molar-refractivity contribution in [3.63, 3.8) is 0 Å². The lowest BCUT2D eigenvalue weighted by molar-refractivity contribution is -0.129. The van der Waals surface area contributed by atoms with E-state index < -0.39 is 5.38 Å². The van der Waals surface area contributed by atoms with Gasteiger partial charge in [0.15, 0.2) is 0 Å². The normalized spacial score (nSPS) is 12.9. The number of aryl methyl sites for hydroxylation is 1. The van der Waals surface area contributed by atoms with Crippen molar-refractivity contribution in [3.8, 4) is 5.75 Å². The summed E-state index contributed by atoms with van der Waals surface area (Å²) in [7, 11) is 1.74. The molecule has 0 N–H and O–H groups in total. The molecule has 1 aromatic rings. The third kappa shape index (κ3) is 4.92. The van der Waals surface area contributed by atoms with Crippen molar-refractivity contribution in [2.45, 2.75) is 45.4 Å². The van der Waals surface area contributed by atoms with Crippen LogP contribution in [0.4, 0.5) is 0 Å². The van der Waals surface area contributed by atoms with E-state index in [-0.39, 0.29) is 11.3 Å². The number of rotatable bonds is 5. The second kappa shape index (κ2) is 7.17. The molecule has 0 saturated heterocycles. The van der Waals surface area contributed by atoms with Crippen LogP contribution in [0.5, 0.6) is 5.75 Å². The first-order chi connectivity index (χ1) is 9.64. The van der Waals surface area contributed by atoms with E-state index in [0.29, 0.717) is 13.2 Å². The SMILES string of the molecule is Cc1cccc(C(C)(C)C)c1OCCN(C)C(=O)C(C)Cl. The second-order valence-electron chi connectivity index (χ2n) is 6.43. The summed E-state index contributed by atoms with van der Waals surface area (Å²) in [4.78, 5) is 13.3. The van der Waals surface area contributed by atoms with Gasteiger partial charge >= 0.3 is 0 Å². The number of para-hydroxylation sites is 1. The average molecular weight is 312 g/mol. The molecule has 0 aliphatic rings. The molecule has 0 heterocycles. The highest BCUT2D eigenvalue weighted by atomic mass is 35.5. The van der Waals surface area contributed by atoms with E-state index in [1.807, 2.05) is 19.1 Å². The van der Waals surface area contributed by atoms with Crippen LogP contribution in [0.25, 0.3) is 0 Å². The van der Waals surface area contributed by atoms with Gasteiger partial charge in [0.05, 0.1) is 6.54 Å². The molecule has 1 rings (SSSR count). The topological polar surface area (TPSA) is 29.5 Å². The van der Waals surface area contributed by atoms with Gasteiger partial charge < -0.3 is 9.64 Å². The Bertz CT molecular complexity index is 492. The van der Waals surface area contributed by atoms with Gasteiger partial charge in [0, 0.05) is 7.05 Å². The fraction of sp³-hybridized carbons (Fsp3) is 0.588. The maximum Gasteiger partial charge on any atom is 0.240 e. The van der Waals surface area contributed by atoms with Crippen molar-refractivity contribution in [1.82, 2.24) is 4.90 Å². The summed E-state index contributed by atoms with van der Waals surface area (Å²) >= 11 is 5.80. The van der Waals surface area contributed by atoms with Gasteiger partial charge in [-0.3, -0.25) is 4.79 Å². The summed E-state index contributed by atoms with van der Waals surface area (Å²) < 4.78 is 5.96. The summed E-state index contributed by atoms with van der Waals surface area (Å²) in [5.41, 5.74) is 2.32. The van der Waals surface area contributed by atoms with Crippen molar-refractivity contribution in [3.05, 3.63) is 29.3 Å². The Morgan fingerprint density at radius 3 is 2.52 bits per heavy atom. The molecular weight excluding hydrogens is 286 g/mol. The van der Waals surface area contributed by atoms with E-state index in [9.17, 15) is 4.79 Å². The lowest BCUT2D eigenvalue weighted by atomic mass is 9.85. The number of amides is 1. The zero-order chi connectivity index (χ0) is 16.2. The number of benzene rings is 1. The molecule has 3 nitrogen and oxygen atoms in total. The Labute approximate surface area is 133 Å². The Morgan fingerprint density at radius 1 is 1.38 bits per heavy atom. The smallest absolute Gasteiger partial charge is 0.240 e. The number of ether oxygens (including phenoxy) is 1. The number of carbonyl (C=O) groups is 1. The van der Waals surface area contributed by atoms with Crippen LogP contribution < -0.4 is 4.74 Å². The number of carbonyl (C=O) groups excluding carboxylic acids is 1. The quantitative estimate of drug-likeness (QED) is 0.775. The minimum Gasteiger partial charge on any atom is -0.491 e. The van der Waals surface area contributed by atoms with Crippen molar-refractivity contribution in [2.24, 2.45) is 0 Å². The average Bonchev–Trinajstić information content (AvgIpc) is 2.38. The van der Waals surface area contributed by atoms with Crippen LogP contribution in [0.3, 0.4) is 0 Å². The van der Waals surface area contributed by atoms with Crippen LogP contribution in [-0.4, -0.2) is 36.4 Å². The number of alkyl halides is 1. The van der Waals surface area contributed by atoms with Gasteiger partial charge in [-0.1, -0.05) is 39.0 Å². The van der Waals surface area contributed by atoms with Crippen LogP contribution in [0.1, 0.15) is 38.8 Å². The first-order valence-electron chi connectivity index (χ1n) is 7.26. The third-order valence-electron chi connectivity index (χ3n) is 3.41. The van der Waals surface area contributed by atoms with Gasteiger partial charge in [-0.05, 0) is 30.4 Å². The summed E-state index contributed by atoms with van der Waals surface area (Å²) in [5, 5.41) is -0.501. The van der Waals surface area contributed by atoms with Gasteiger partial charge in [-0.15, -0.1) is 11.6 Å². The number of likely N-dealkylation sites (N-methyl/N-ethyl adjacent to an activating group) is 1. The lowest BCUT2D eigenvalue weighted by Crippen LogP contribution is -2.35. The van der Waals surface area contributed by atoms with Gasteiger partial charge in [0.25, 0.3) is 0 Å². The third-order valence-corrected chi connectivity index (χ3v) is 3.60. The summed E-state index contributed by atoms with van der Waals surface area (Å²) in [6.45, 7) is 11.2. The molecule has 0 aliphatic carbocycles. The Morgan fingerprint density at radius 2 is 2.00 bits per heavy atom. The summed E-state index contributed by atoms with van der Waals surface area (Å²) in [6.07, 6.45) is 0. The van der Waals surface area contributed by atoms with E-state index in [1.54, 1.807) is 18.9 Å². The van der Waals surface area contributed by atoms with Gasteiger partial charge in [-0.2, -0.15) is 0 Å². The van der Waals surface area contributed by atoms with Crippen molar-refractivity contribution in [1.29, 1.82) is 0 Å². The highest BCUT2D eigenvalue weighted by molar-refractivity contribution is 6.30. The van der Waals surface area contributed by atoms with Crippen molar-refractivity contribution >= 4 is 17.5 Å². The molecule has 1 atom stereocenters. The number of nitrogens with zero attached hydrogens (tertiary/aromatic N) is 1. The number of hydrogen-bond acceptors (Lipinski definition) is 2. The van der Waals surface area contributed by atoms with Crippen LogP contribution in [0.2, 0.25) is 0 Å². The molecule has 0 radical (unpaired) electrons. The molecule has 0 fully saturated rings. The van der Waals surface area contributed by atoms with E-state index in [4.69, 9.17) is 16.3 Å². The Balaban J connectivity index is 2.74. The van der Waals surface area contributed by atoms with Crippen LogP contribution in [0.15, 0.2) is 18.2 Å². The fourth-order valence-electron chi connectivity index (χ4n) is 2.13. The minimum absolute atomic E-state index is 0.0216. The fourth-order valence-corrected chi connectivity index (χ4v) is 2.30. The highest BCUT2D eigenvalue weighted by Crippen LogP contribution is 2.33. The predicted octanol–water partition coefficient (Wildman–Crippen LogP) is 3.76. The number of hydrogen-bond donors (Lipinski definition) is 0. The Kier molecular flexibility index (Phi) is 6.09. The molecule has 0 saturated carbocycles. The lowest BCUT2D eigenvalue weighted by Gasteiger charge is -2.25. The zero-order valence-electron chi connectivity index (χ0n) is 13.9. The molecule has 0 bridgehead atoms. The first-order valence-corrected chi connectivity index (χ1v) is 7.70. The summed E-state index contributed by atoms with van der Waals surface area (Å²) in [5.74, 6) is 0.839. The predicted molar refractivity (Wildman–Crippen MR) is 88.3 cm³/mol. The van der Waals surface area contributed by atoms with Gasteiger partial charge in [-0.25, -0.2) is 0 Å². The monoisotopic (exact) mass is 311 g/mol. The standard InChI is InChI=1S/C17H26ClNO2/c1-12-8-7-9-14(17(3,4)5)15(12)21-11-10-19(6)16(20)13(2)18/h7-9,13H,10-11H2,1-6H3. The van der Waals surface area contributed by atoms with Crippen LogP contribution in [0, 0.1) is 6.92 Å². The largest absolute Gasteiger partial charge is 0.491 e. The molecule has 0 aliphatic heterocycles. The molecule has 1 aromatic carbocycles. The van der Waals surface area contributed by atoms with Crippen LogP contribution in [-0.2, 0) is 10.2 Å². The zero-order valence-corrected chi connectivity index (χ0v) is 14.6. The molecule has 1 amide bonds. The molecular formula is C17H26ClNO2. The summed E-state index contributed by atoms with van der Waals surface area (Å²) in [6, 6.07) is 6.19. The van der Waals surface area contributed by atoms with Gasteiger partial charge in [0.2, 0.25) is 5.91 Å². The van der Waals surface area contributed by atoms with Crippen molar-refractivity contribution in [2.75, 3.05) is 20.2 Å². The number of halogens is 1. The second-order valence-corrected chi connectivity index (χ2v) is 7.08. The minimum atomic E-state index is -0.501. The van der Waals surface area contributed by atoms with Crippen LogP contribution >= 0.6 is 11.6 Å². The highest BCUT2D eigenvalue weighted by Gasteiger charge is 2.20. The van der Waals surface area contributed by atoms with Gasteiger partial charge in [0.1, 0.15) is 17.7 Å². The molecule has 118 valence electrons. The molecule has 1 unspecified atom stereocenters. The maximum atomic E-state index is 11.7. The first kappa shape index (κ1) is 17.8. The van der Waals surface area contributed by atoms with E-state index in [2.05, 4.69) is 26.8 Å². The molecule has 0 aromatic heterocycles. The van der Waals surface area contributed by atoms with Crippen molar-refractivity contribution < 1.29 is 9.53 Å². The molecule has 21 heavy (non-hydrogen) atoms. The van der Waals surface area contributed by atoms with E-state index in [0.717, 1.165) is 11.3 Å². The Hall–Kier alpha value is -1.22. The molecule has 4 heteroatoms. The molecule has 0 spiro atoms. The van der Waals surface area contributed by atoms with E-state index >= 15 is 0 Å². The maximum absolute atomic E-state index is 11.7.